The number of alkyl halides is 2. The van der Waals surface area contributed by atoms with Gasteiger partial charge in [0.05, 0.1) is 6.61 Å². The highest BCUT2D eigenvalue weighted by Gasteiger charge is 2.59. The molecule has 0 radical (unpaired) electrons. The number of aliphatic hydroxyl groups excluding tert-OH is 2. The molecule has 2 unspecified atom stereocenters. The molecular weight excluding hydrogens is 374 g/mol. The maximum absolute atomic E-state index is 14.1. The molecule has 1 aliphatic rings. The summed E-state index contributed by atoms with van der Waals surface area (Å²) < 4.78 is 33.4. The summed E-state index contributed by atoms with van der Waals surface area (Å²) in [6.45, 7) is -0.873. The van der Waals surface area contributed by atoms with E-state index >= 15 is 0 Å². The Bertz CT molecular complexity index is 772. The quantitative estimate of drug-likeness (QED) is 0.360. The molecule has 1 aromatic rings. The normalized spacial score (nSPS) is 25.1. The van der Waals surface area contributed by atoms with Crippen molar-refractivity contribution in [2.75, 3.05) is 11.9 Å². The van der Waals surface area contributed by atoms with Gasteiger partial charge >= 0.3 is 17.6 Å². The van der Waals surface area contributed by atoms with Crippen LogP contribution < -0.4 is 16.7 Å². The van der Waals surface area contributed by atoms with Crippen LogP contribution in [0.3, 0.4) is 0 Å². The van der Waals surface area contributed by atoms with Crippen LogP contribution in [0, 0.1) is 0 Å². The molecule has 1 amide bonds. The molecule has 0 spiro atoms. The molecule has 150 valence electrons. The second-order valence-corrected chi connectivity index (χ2v) is 5.86. The summed E-state index contributed by atoms with van der Waals surface area (Å²) in [4.78, 5) is 37.7. The molecule has 1 aliphatic heterocycles. The average Bonchev–Trinajstić information content (AvgIpc) is 2.82. The molecule has 4 atom stereocenters. The van der Waals surface area contributed by atoms with Crippen LogP contribution in [-0.2, 0) is 14.3 Å². The van der Waals surface area contributed by atoms with Crippen molar-refractivity contribution in [1.29, 1.82) is 0 Å². The number of nitrogens with one attached hydrogen (secondary N) is 1. The first-order valence-corrected chi connectivity index (χ1v) is 7.77. The highest BCUT2D eigenvalue weighted by Crippen LogP contribution is 2.41. The number of aliphatic hydroxyl groups is 2. The number of aromatic nitrogens is 2. The number of carboxylic acid groups (broad SMARTS) is 1. The fourth-order valence-corrected chi connectivity index (χ4v) is 2.39. The second-order valence-electron chi connectivity index (χ2n) is 5.86. The number of halogens is 2. The number of rotatable bonds is 7. The van der Waals surface area contributed by atoms with Crippen LogP contribution in [0.2, 0.25) is 0 Å². The largest absolute Gasteiger partial charge is 0.480 e. The van der Waals surface area contributed by atoms with Gasteiger partial charge in [0.1, 0.15) is 18.0 Å². The molecule has 0 aromatic carbocycles. The van der Waals surface area contributed by atoms with E-state index in [-0.39, 0.29) is 18.7 Å². The minimum absolute atomic E-state index is 0.152. The van der Waals surface area contributed by atoms with Gasteiger partial charge in [0.15, 0.2) is 6.10 Å². The molecule has 1 fully saturated rings. The van der Waals surface area contributed by atoms with E-state index in [0.717, 1.165) is 12.3 Å². The summed E-state index contributed by atoms with van der Waals surface area (Å²) in [7, 11) is 0. The number of hydrogen-bond donors (Lipinski definition) is 5. The zero-order valence-corrected chi connectivity index (χ0v) is 13.8. The lowest BCUT2D eigenvalue weighted by Crippen LogP contribution is -2.41. The van der Waals surface area contributed by atoms with Gasteiger partial charge in [-0.25, -0.2) is 4.79 Å². The number of anilines is 1. The average molecular weight is 392 g/mol. The van der Waals surface area contributed by atoms with E-state index in [1.165, 1.54) is 0 Å². The van der Waals surface area contributed by atoms with Gasteiger partial charge in [-0.1, -0.05) is 0 Å². The third-order valence-corrected chi connectivity index (χ3v) is 3.91. The number of amides is 1. The Morgan fingerprint density at radius 1 is 1.48 bits per heavy atom. The van der Waals surface area contributed by atoms with E-state index in [4.69, 9.17) is 20.7 Å². The van der Waals surface area contributed by atoms with E-state index < -0.39 is 54.6 Å². The Hall–Kier alpha value is -2.48. The van der Waals surface area contributed by atoms with E-state index in [2.05, 4.69) is 10.3 Å². The van der Waals surface area contributed by atoms with Crippen molar-refractivity contribution in [3.8, 4) is 0 Å². The molecule has 13 heteroatoms. The van der Waals surface area contributed by atoms with Gasteiger partial charge in [0, 0.05) is 12.6 Å². The highest BCUT2D eigenvalue weighted by atomic mass is 19.3. The van der Waals surface area contributed by atoms with Crippen LogP contribution in [0.4, 0.5) is 14.6 Å². The number of aliphatic carboxylic acids is 1. The SMILES string of the molecule is NC(CCC(=O)Nc1ccn([C@@H]2OC(CO)[C@H](O)C2(F)F)c(=O)n1)C(=O)O. The van der Waals surface area contributed by atoms with Crippen molar-refractivity contribution in [1.82, 2.24) is 9.55 Å². The van der Waals surface area contributed by atoms with Crippen LogP contribution in [0.1, 0.15) is 19.1 Å². The molecule has 0 bridgehead atoms. The van der Waals surface area contributed by atoms with Gasteiger partial charge in [-0.05, 0) is 12.5 Å². The first-order chi connectivity index (χ1) is 12.6. The number of hydrogen-bond acceptors (Lipinski definition) is 8. The van der Waals surface area contributed by atoms with Crippen LogP contribution in [0.5, 0.6) is 0 Å². The van der Waals surface area contributed by atoms with Gasteiger partial charge in [0.2, 0.25) is 12.1 Å². The zero-order valence-electron chi connectivity index (χ0n) is 13.8. The molecule has 27 heavy (non-hydrogen) atoms. The highest BCUT2D eigenvalue weighted by molar-refractivity contribution is 5.90. The fraction of sp³-hybridized carbons (Fsp3) is 0.571. The second kappa shape index (κ2) is 8.04. The van der Waals surface area contributed by atoms with Crippen LogP contribution in [0.15, 0.2) is 17.1 Å². The minimum Gasteiger partial charge on any atom is -0.480 e. The summed E-state index contributed by atoms with van der Waals surface area (Å²) in [6.07, 6.45) is -5.58. The number of ether oxygens (including phenoxy) is 1. The van der Waals surface area contributed by atoms with Crippen molar-refractivity contribution in [2.45, 2.75) is 43.2 Å². The topological polar surface area (TPSA) is 177 Å². The standard InChI is InChI=1S/C14H18F2N4O7/c15-14(16)10(23)7(5-21)27-12(14)20-4-3-8(19-13(20)26)18-9(22)2-1-6(17)11(24)25/h3-4,6-7,10,12,21,23H,1-2,5,17H2,(H,24,25)(H,18,19,22,26)/t6?,7?,10-,12+/m0/s1. The summed E-state index contributed by atoms with van der Waals surface area (Å²) >= 11 is 0. The maximum Gasteiger partial charge on any atom is 0.351 e. The van der Waals surface area contributed by atoms with Crippen LogP contribution in [-0.4, -0.2) is 67.5 Å². The van der Waals surface area contributed by atoms with Crippen LogP contribution in [0.25, 0.3) is 0 Å². The Balaban J connectivity index is 2.09. The molecule has 11 nitrogen and oxygen atoms in total. The summed E-state index contributed by atoms with van der Waals surface area (Å²) in [6, 6.07) is -0.182. The summed E-state index contributed by atoms with van der Waals surface area (Å²) in [5.41, 5.74) is 4.07. The predicted octanol–water partition coefficient (Wildman–Crippen LogP) is -1.74. The monoisotopic (exact) mass is 392 g/mol. The molecule has 0 saturated carbocycles. The predicted molar refractivity (Wildman–Crippen MR) is 83.9 cm³/mol. The number of carboxylic acids is 1. The van der Waals surface area contributed by atoms with Gasteiger partial charge in [0.25, 0.3) is 0 Å². The molecule has 0 aliphatic carbocycles. The number of nitrogens with zero attached hydrogens (tertiary/aromatic N) is 2. The molecule has 1 saturated heterocycles. The Morgan fingerprint density at radius 2 is 2.15 bits per heavy atom. The fourth-order valence-electron chi connectivity index (χ4n) is 2.39. The lowest BCUT2D eigenvalue weighted by atomic mass is 10.1. The first kappa shape index (κ1) is 20.8. The van der Waals surface area contributed by atoms with Crippen molar-refractivity contribution in [2.24, 2.45) is 5.73 Å². The van der Waals surface area contributed by atoms with Crippen molar-refractivity contribution in [3.63, 3.8) is 0 Å². The maximum atomic E-state index is 14.1. The van der Waals surface area contributed by atoms with Crippen molar-refractivity contribution in [3.05, 3.63) is 22.7 Å². The van der Waals surface area contributed by atoms with E-state index in [9.17, 15) is 28.3 Å². The minimum atomic E-state index is -3.85. The number of carbonyl (C=O) groups is 2. The Labute approximate surface area is 150 Å². The van der Waals surface area contributed by atoms with E-state index in [1.807, 2.05) is 0 Å². The Kier molecular flexibility index (Phi) is 6.20. The van der Waals surface area contributed by atoms with E-state index in [1.54, 1.807) is 0 Å². The zero-order chi connectivity index (χ0) is 20.4. The van der Waals surface area contributed by atoms with Crippen molar-refractivity contribution < 1.29 is 38.4 Å². The third-order valence-electron chi connectivity index (χ3n) is 3.91. The summed E-state index contributed by atoms with van der Waals surface area (Å²) in [5, 5.41) is 29.3. The molecule has 2 heterocycles. The molecule has 2 rings (SSSR count). The van der Waals surface area contributed by atoms with Gasteiger partial charge in [-0.2, -0.15) is 13.8 Å². The van der Waals surface area contributed by atoms with Gasteiger partial charge < -0.3 is 31.1 Å². The lowest BCUT2D eigenvalue weighted by Gasteiger charge is -2.21. The molecular formula is C14H18F2N4O7. The molecule has 1 aromatic heterocycles. The first-order valence-electron chi connectivity index (χ1n) is 7.77. The molecule has 6 N–H and O–H groups in total. The third kappa shape index (κ3) is 4.44. The summed E-state index contributed by atoms with van der Waals surface area (Å²) in [5.74, 6) is -6.04. The number of nitrogens with two attached hydrogens (primary N) is 1. The van der Waals surface area contributed by atoms with E-state index in [0.29, 0.717) is 4.57 Å². The van der Waals surface area contributed by atoms with Gasteiger partial charge in [-0.15, -0.1) is 0 Å². The lowest BCUT2D eigenvalue weighted by molar-refractivity contribution is -0.141. The smallest absolute Gasteiger partial charge is 0.351 e. The number of carbonyl (C=O) groups excluding carboxylic acids is 1. The van der Waals surface area contributed by atoms with Gasteiger partial charge in [-0.3, -0.25) is 14.2 Å². The Morgan fingerprint density at radius 3 is 2.67 bits per heavy atom. The van der Waals surface area contributed by atoms with Crippen LogP contribution >= 0.6 is 0 Å². The van der Waals surface area contributed by atoms with Crippen molar-refractivity contribution >= 4 is 17.7 Å².